The number of rotatable bonds is 2. The van der Waals surface area contributed by atoms with Gasteiger partial charge in [0, 0.05) is 13.3 Å². The molecule has 0 radical (unpaired) electrons. The predicted octanol–water partition coefficient (Wildman–Crippen LogP) is 3.45. The van der Waals surface area contributed by atoms with E-state index in [4.69, 9.17) is 4.74 Å². The van der Waals surface area contributed by atoms with Crippen molar-refractivity contribution in [1.82, 2.24) is 0 Å². The van der Waals surface area contributed by atoms with Crippen LogP contribution >= 0.6 is 0 Å². The molecule has 1 rings (SSSR count). The highest BCUT2D eigenvalue weighted by atomic mass is 16.5. The first-order valence-electron chi connectivity index (χ1n) is 5.45. The van der Waals surface area contributed by atoms with Gasteiger partial charge in [0.25, 0.3) is 0 Å². The van der Waals surface area contributed by atoms with Crippen LogP contribution in [0.5, 0.6) is 0 Å². The maximum absolute atomic E-state index is 11.0. The van der Waals surface area contributed by atoms with Gasteiger partial charge in [-0.3, -0.25) is 4.79 Å². The lowest BCUT2D eigenvalue weighted by molar-refractivity contribution is -0.137. The highest BCUT2D eigenvalue weighted by molar-refractivity contribution is 5.67. The van der Waals surface area contributed by atoms with E-state index < -0.39 is 0 Å². The Balaban J connectivity index is 2.85. The molecule has 2 nitrogen and oxygen atoms in total. The molecule has 0 aromatic carbocycles. The second-order valence-electron chi connectivity index (χ2n) is 4.58. The van der Waals surface area contributed by atoms with Gasteiger partial charge in [-0.15, -0.1) is 0 Å². The van der Waals surface area contributed by atoms with E-state index in [1.807, 2.05) is 6.92 Å². The maximum Gasteiger partial charge on any atom is 0.307 e. The van der Waals surface area contributed by atoms with Gasteiger partial charge >= 0.3 is 5.97 Å². The summed E-state index contributed by atoms with van der Waals surface area (Å²) in [6.07, 6.45) is 1.94. The van der Waals surface area contributed by atoms with Crippen LogP contribution in [-0.2, 0) is 9.53 Å². The Labute approximate surface area is 92.0 Å². The zero-order chi connectivity index (χ0) is 11.6. The van der Waals surface area contributed by atoms with Crippen LogP contribution in [-0.4, -0.2) is 5.97 Å². The fourth-order valence-corrected chi connectivity index (χ4v) is 2.02. The zero-order valence-electron chi connectivity index (χ0n) is 10.1. The van der Waals surface area contributed by atoms with Gasteiger partial charge in [0.15, 0.2) is 0 Å². The van der Waals surface area contributed by atoms with E-state index in [2.05, 4.69) is 20.4 Å². The Morgan fingerprint density at radius 3 is 2.53 bits per heavy atom. The molecule has 0 aliphatic heterocycles. The van der Waals surface area contributed by atoms with Crippen molar-refractivity contribution in [3.63, 3.8) is 0 Å². The fraction of sp³-hybridized carbons (Fsp3) is 0.615. The first-order valence-corrected chi connectivity index (χ1v) is 5.45. The molecule has 1 aliphatic rings. The number of carbonyl (C=O) groups excluding carboxylic acids is 1. The fourth-order valence-electron chi connectivity index (χ4n) is 2.02. The third-order valence-electron chi connectivity index (χ3n) is 3.21. The second-order valence-corrected chi connectivity index (χ2v) is 4.58. The Morgan fingerprint density at radius 1 is 1.47 bits per heavy atom. The van der Waals surface area contributed by atoms with Crippen molar-refractivity contribution in [2.24, 2.45) is 11.8 Å². The van der Waals surface area contributed by atoms with Gasteiger partial charge in [0.05, 0.1) is 0 Å². The quantitative estimate of drug-likeness (QED) is 0.513. The zero-order valence-corrected chi connectivity index (χ0v) is 10.1. The molecule has 0 amide bonds. The molecule has 0 bridgehead atoms. The van der Waals surface area contributed by atoms with E-state index >= 15 is 0 Å². The molecule has 0 aromatic heterocycles. The van der Waals surface area contributed by atoms with Crippen molar-refractivity contribution in [3.05, 3.63) is 23.5 Å². The summed E-state index contributed by atoms with van der Waals surface area (Å²) in [4.78, 5) is 11.0. The minimum absolute atomic E-state index is 0.223. The van der Waals surface area contributed by atoms with Gasteiger partial charge in [-0.25, -0.2) is 0 Å². The van der Waals surface area contributed by atoms with E-state index in [9.17, 15) is 4.79 Å². The van der Waals surface area contributed by atoms with Crippen molar-refractivity contribution >= 4 is 5.97 Å². The summed E-state index contributed by atoms with van der Waals surface area (Å²) in [6, 6.07) is 0. The average Bonchev–Trinajstić information content (AvgIpc) is 2.11. The Bertz CT molecular complexity index is 312. The third-order valence-corrected chi connectivity index (χ3v) is 3.21. The molecule has 0 unspecified atom stereocenters. The van der Waals surface area contributed by atoms with Crippen LogP contribution < -0.4 is 0 Å². The van der Waals surface area contributed by atoms with Crippen molar-refractivity contribution in [2.45, 2.75) is 40.5 Å². The molecule has 0 N–H and O–H groups in total. The molecule has 2 heteroatoms. The van der Waals surface area contributed by atoms with Gasteiger partial charge in [-0.1, -0.05) is 19.1 Å². The molecule has 0 saturated heterocycles. The lowest BCUT2D eigenvalue weighted by Crippen LogP contribution is -2.19. The van der Waals surface area contributed by atoms with Gasteiger partial charge in [-0.05, 0) is 37.7 Å². The molecule has 2 atom stereocenters. The smallest absolute Gasteiger partial charge is 0.307 e. The monoisotopic (exact) mass is 208 g/mol. The number of carbonyl (C=O) groups is 1. The summed E-state index contributed by atoms with van der Waals surface area (Å²) in [5.74, 6) is 1.57. The molecule has 0 saturated carbocycles. The van der Waals surface area contributed by atoms with Crippen LogP contribution in [0, 0.1) is 11.8 Å². The van der Waals surface area contributed by atoms with E-state index in [1.165, 1.54) is 18.1 Å². The predicted molar refractivity (Wildman–Crippen MR) is 61.2 cm³/mol. The molecular weight excluding hydrogens is 188 g/mol. The lowest BCUT2D eigenvalue weighted by Gasteiger charge is -2.30. The molecule has 15 heavy (non-hydrogen) atoms. The normalized spacial score (nSPS) is 26.4. The summed E-state index contributed by atoms with van der Waals surface area (Å²) in [5.41, 5.74) is 2.39. The van der Waals surface area contributed by atoms with E-state index in [-0.39, 0.29) is 5.97 Å². The Hall–Kier alpha value is -1.05. The summed E-state index contributed by atoms with van der Waals surface area (Å²) < 4.78 is 5.25. The van der Waals surface area contributed by atoms with Gasteiger partial charge in [0.1, 0.15) is 5.76 Å². The van der Waals surface area contributed by atoms with Crippen molar-refractivity contribution in [3.8, 4) is 0 Å². The van der Waals surface area contributed by atoms with Gasteiger partial charge in [-0.2, -0.15) is 0 Å². The van der Waals surface area contributed by atoms with Crippen LogP contribution in [0.1, 0.15) is 40.5 Å². The van der Waals surface area contributed by atoms with E-state index in [0.29, 0.717) is 11.8 Å². The number of hydrogen-bond acceptors (Lipinski definition) is 2. The first-order chi connectivity index (χ1) is 6.91. The van der Waals surface area contributed by atoms with E-state index in [0.717, 1.165) is 18.6 Å². The van der Waals surface area contributed by atoms with Crippen LogP contribution in [0.2, 0.25) is 0 Å². The minimum atomic E-state index is -0.223. The van der Waals surface area contributed by atoms with Gasteiger partial charge in [0.2, 0.25) is 0 Å². The van der Waals surface area contributed by atoms with Crippen LogP contribution in [0.3, 0.4) is 0 Å². The third kappa shape index (κ3) is 2.95. The first kappa shape index (κ1) is 12.0. The number of ether oxygens (including phenoxy) is 1. The molecular formula is C13H20O2. The SMILES string of the molecule is C=C(C)[C@H]1CC(OC(C)=O)=C(C)[C@H](C)C1. The topological polar surface area (TPSA) is 26.3 Å². The second kappa shape index (κ2) is 4.65. The lowest BCUT2D eigenvalue weighted by atomic mass is 9.79. The van der Waals surface area contributed by atoms with Gasteiger partial charge < -0.3 is 4.74 Å². The molecule has 0 fully saturated rings. The highest BCUT2D eigenvalue weighted by Crippen LogP contribution is 2.37. The number of allylic oxidation sites excluding steroid dienone is 3. The summed E-state index contributed by atoms with van der Waals surface area (Å²) in [5, 5.41) is 0. The minimum Gasteiger partial charge on any atom is -0.431 e. The average molecular weight is 208 g/mol. The van der Waals surface area contributed by atoms with Crippen molar-refractivity contribution in [2.75, 3.05) is 0 Å². The van der Waals surface area contributed by atoms with Crippen LogP contribution in [0.15, 0.2) is 23.5 Å². The van der Waals surface area contributed by atoms with Crippen molar-refractivity contribution in [1.29, 1.82) is 0 Å². The Morgan fingerprint density at radius 2 is 2.07 bits per heavy atom. The number of esters is 1. The number of hydrogen-bond donors (Lipinski definition) is 0. The van der Waals surface area contributed by atoms with Crippen LogP contribution in [0.4, 0.5) is 0 Å². The highest BCUT2D eigenvalue weighted by Gasteiger charge is 2.26. The standard InChI is InChI=1S/C13H20O2/c1-8(2)12-6-9(3)10(4)13(7-12)15-11(5)14/h9,12H,1,6-7H2,2-5H3/t9-,12-/m1/s1. The Kier molecular flexibility index (Phi) is 3.72. The summed E-state index contributed by atoms with van der Waals surface area (Å²) in [6.45, 7) is 11.7. The molecule has 1 aliphatic carbocycles. The molecule has 0 aromatic rings. The summed E-state index contributed by atoms with van der Waals surface area (Å²) in [7, 11) is 0. The molecule has 0 heterocycles. The maximum atomic E-state index is 11.0. The largest absolute Gasteiger partial charge is 0.431 e. The molecule has 84 valence electrons. The van der Waals surface area contributed by atoms with Crippen molar-refractivity contribution < 1.29 is 9.53 Å². The molecule has 0 spiro atoms. The van der Waals surface area contributed by atoms with Crippen LogP contribution in [0.25, 0.3) is 0 Å². The van der Waals surface area contributed by atoms with E-state index in [1.54, 1.807) is 0 Å². The summed E-state index contributed by atoms with van der Waals surface area (Å²) >= 11 is 0.